The van der Waals surface area contributed by atoms with Crippen LogP contribution in [0.1, 0.15) is 84.6 Å². The third-order valence-electron chi connectivity index (χ3n) is 14.4. The Kier molecular flexibility index (Phi) is 17.9. The number of aromatic nitrogens is 2. The molecule has 0 spiro atoms. The van der Waals surface area contributed by atoms with Gasteiger partial charge in [-0.1, -0.05) is 84.9 Å². The summed E-state index contributed by atoms with van der Waals surface area (Å²) in [6, 6.07) is 49.5. The van der Waals surface area contributed by atoms with Crippen LogP contribution in [0.3, 0.4) is 0 Å². The number of methoxy groups -OCH3 is 4. The topological polar surface area (TPSA) is 185 Å². The van der Waals surface area contributed by atoms with E-state index in [2.05, 4.69) is 9.97 Å². The van der Waals surface area contributed by atoms with Crippen LogP contribution in [0.25, 0.3) is 0 Å². The lowest BCUT2D eigenvalue weighted by Crippen LogP contribution is -2.31. The Labute approximate surface area is 471 Å². The normalized spacial score (nSPS) is 14.6. The highest BCUT2D eigenvalue weighted by molar-refractivity contribution is 5.99. The highest BCUT2D eigenvalue weighted by Crippen LogP contribution is 2.41. The maximum Gasteiger partial charge on any atom is 0.273 e. The molecule has 0 aliphatic carbocycles. The van der Waals surface area contributed by atoms with Crippen LogP contribution in [0.4, 0.5) is 11.4 Å². The molecule has 6 aromatic carbocycles. The molecule has 2 atom stereocenters. The maximum absolute atomic E-state index is 14.1. The molecule has 2 aliphatic rings. The molecule has 0 saturated carbocycles. The lowest BCUT2D eigenvalue weighted by atomic mass is 9.98. The van der Waals surface area contributed by atoms with Gasteiger partial charge in [0.1, 0.15) is 35.2 Å². The molecule has 2 N–H and O–H groups in total. The lowest BCUT2D eigenvalue weighted by Gasteiger charge is -2.24. The van der Waals surface area contributed by atoms with Crippen molar-refractivity contribution in [2.24, 2.45) is 5.73 Å². The number of nitrogens with zero attached hydrogens (tertiary/aromatic N) is 5. The van der Waals surface area contributed by atoms with E-state index in [0.717, 1.165) is 56.2 Å². The summed E-state index contributed by atoms with van der Waals surface area (Å²) in [6.07, 6.45) is 3.76. The van der Waals surface area contributed by atoms with Crippen molar-refractivity contribution in [1.29, 1.82) is 0 Å². The van der Waals surface area contributed by atoms with Gasteiger partial charge >= 0.3 is 0 Å². The molecule has 0 radical (unpaired) electrons. The van der Waals surface area contributed by atoms with Crippen LogP contribution < -0.4 is 44.0 Å². The van der Waals surface area contributed by atoms with Crippen LogP contribution in [0.5, 0.6) is 40.2 Å². The van der Waals surface area contributed by atoms with Crippen LogP contribution >= 0.6 is 0 Å². The second kappa shape index (κ2) is 25.8. The number of pyridine rings is 2. The molecule has 2 aromatic heterocycles. The van der Waals surface area contributed by atoms with Crippen molar-refractivity contribution >= 4 is 35.0 Å². The second-order valence-corrected chi connectivity index (χ2v) is 19.7. The first kappa shape index (κ1) is 56.0. The number of carbonyl (C=O) groups is 4. The average molecular weight is 1090 g/mol. The first-order chi connectivity index (χ1) is 39.3. The van der Waals surface area contributed by atoms with E-state index in [1.807, 2.05) is 147 Å². The minimum Gasteiger partial charge on any atom is -0.497 e. The van der Waals surface area contributed by atoms with E-state index in [-0.39, 0.29) is 40.9 Å². The summed E-state index contributed by atoms with van der Waals surface area (Å²) in [5.41, 5.74) is 13.9. The number of aryl methyl sites for hydroxylation is 2. The first-order valence-corrected chi connectivity index (χ1v) is 26.5. The second-order valence-electron chi connectivity index (χ2n) is 19.7. The van der Waals surface area contributed by atoms with Gasteiger partial charge in [0.05, 0.1) is 28.4 Å². The van der Waals surface area contributed by atoms with Gasteiger partial charge in [0, 0.05) is 74.6 Å². The van der Waals surface area contributed by atoms with Crippen molar-refractivity contribution in [2.45, 2.75) is 58.2 Å². The predicted octanol–water partition coefficient (Wildman–Crippen LogP) is 11.2. The number of amides is 4. The molecule has 0 unspecified atom stereocenters. The van der Waals surface area contributed by atoms with Gasteiger partial charge in [-0.05, 0) is 126 Å². The van der Waals surface area contributed by atoms with E-state index in [9.17, 15) is 19.2 Å². The van der Waals surface area contributed by atoms with Gasteiger partial charge in [0.2, 0.25) is 11.8 Å². The molecule has 0 bridgehead atoms. The quantitative estimate of drug-likeness (QED) is 0.0809. The molecule has 2 saturated heterocycles. The fourth-order valence-corrected chi connectivity index (χ4v) is 9.94. The zero-order valence-corrected chi connectivity index (χ0v) is 46.2. The highest BCUT2D eigenvalue weighted by Gasteiger charge is 2.34. The van der Waals surface area contributed by atoms with Gasteiger partial charge in [-0.15, -0.1) is 0 Å². The minimum absolute atomic E-state index is 0.0227. The van der Waals surface area contributed by atoms with E-state index >= 15 is 0 Å². The molecular weight excluding hydrogens is 1020 g/mol. The number of para-hydroxylation sites is 1. The largest absolute Gasteiger partial charge is 0.497 e. The molecule has 2 fully saturated rings. The summed E-state index contributed by atoms with van der Waals surface area (Å²) >= 11 is 0. The first-order valence-electron chi connectivity index (χ1n) is 26.5. The number of ether oxygens (including phenoxy) is 6. The molecular formula is C65H64N6O10. The molecule has 81 heavy (non-hydrogen) atoms. The Hall–Kier alpha value is -9.70. The fourth-order valence-electron chi connectivity index (χ4n) is 9.94. The molecule has 8 aromatic rings. The van der Waals surface area contributed by atoms with Gasteiger partial charge in [-0.25, -0.2) is 0 Å². The van der Waals surface area contributed by atoms with Crippen LogP contribution in [0.2, 0.25) is 0 Å². The predicted molar refractivity (Wildman–Crippen MR) is 309 cm³/mol. The minimum atomic E-state index is -0.626. The summed E-state index contributed by atoms with van der Waals surface area (Å²) < 4.78 is 34.1. The zero-order chi connectivity index (χ0) is 57.0. The Morgan fingerprint density at radius 2 is 1.04 bits per heavy atom. The summed E-state index contributed by atoms with van der Waals surface area (Å²) in [4.78, 5) is 65.3. The molecule has 16 heteroatoms. The van der Waals surface area contributed by atoms with Crippen molar-refractivity contribution in [3.63, 3.8) is 0 Å². The van der Waals surface area contributed by atoms with Gasteiger partial charge in [0.15, 0.2) is 23.0 Å². The maximum atomic E-state index is 14.1. The number of hydrogen-bond acceptors (Lipinski definition) is 12. The Morgan fingerprint density at radius 1 is 0.543 bits per heavy atom. The van der Waals surface area contributed by atoms with Crippen molar-refractivity contribution in [3.8, 4) is 40.2 Å². The summed E-state index contributed by atoms with van der Waals surface area (Å²) in [5.74, 6) is 3.75. The monoisotopic (exact) mass is 1090 g/mol. The van der Waals surface area contributed by atoms with Gasteiger partial charge < -0.3 is 48.9 Å². The number of rotatable bonds is 19. The highest BCUT2D eigenvalue weighted by atomic mass is 16.5. The molecule has 414 valence electrons. The molecule has 16 nitrogen and oxygen atoms in total. The van der Waals surface area contributed by atoms with E-state index in [1.165, 1.54) is 6.20 Å². The van der Waals surface area contributed by atoms with E-state index in [4.69, 9.17) is 34.2 Å². The van der Waals surface area contributed by atoms with Crippen molar-refractivity contribution in [1.82, 2.24) is 14.9 Å². The molecule has 2 aliphatic heterocycles. The number of benzene rings is 6. The third kappa shape index (κ3) is 13.6. The van der Waals surface area contributed by atoms with Crippen molar-refractivity contribution in [2.75, 3.05) is 51.3 Å². The lowest BCUT2D eigenvalue weighted by molar-refractivity contribution is -0.118. The standard InChI is InChI=1S/C40H39N3O6.C25H25N3O4/c1-46-34-14-9-28(10-15-34)24-42(25-29-11-16-35(47-2)17-12-29)40(45)36-23-33(19-20-41-36)43-26-32(22-39(43)44)31-13-18-37(48-3)38(21-31)49-27-30-7-5-4-6-8-30;1-15-5-4-6-16(2)24(15)32-22-11-17(7-8-21(22)31-3)18-12-23(29)28(14-18)19-9-10-27-20(13-19)25(26)30/h4-21,23,32H,22,24-27H2,1-3H3;4-11,13,18H,12,14H2,1-3H3,(H2,26,30)/t32-;18-/m00/s1. The smallest absolute Gasteiger partial charge is 0.273 e. The van der Waals surface area contributed by atoms with Gasteiger partial charge in [0.25, 0.3) is 11.8 Å². The average Bonchev–Trinajstić information content (AvgIpc) is 4.33. The van der Waals surface area contributed by atoms with E-state index in [1.54, 1.807) is 73.6 Å². The summed E-state index contributed by atoms with van der Waals surface area (Å²) in [6.45, 7) is 6.06. The molecule has 4 heterocycles. The number of hydrogen-bond donors (Lipinski definition) is 1. The Balaban J connectivity index is 0.000000214. The Morgan fingerprint density at radius 3 is 1.54 bits per heavy atom. The number of anilines is 2. The number of nitrogens with two attached hydrogens (primary N) is 1. The summed E-state index contributed by atoms with van der Waals surface area (Å²) in [5, 5.41) is 0. The summed E-state index contributed by atoms with van der Waals surface area (Å²) in [7, 11) is 6.46. The van der Waals surface area contributed by atoms with Crippen molar-refractivity contribution < 1.29 is 47.6 Å². The van der Waals surface area contributed by atoms with E-state index < -0.39 is 5.91 Å². The molecule has 4 amide bonds. The number of carbonyl (C=O) groups excluding carboxylic acids is 4. The zero-order valence-electron chi connectivity index (χ0n) is 46.2. The Bertz CT molecular complexity index is 3450. The van der Waals surface area contributed by atoms with Gasteiger partial charge in [-0.2, -0.15) is 0 Å². The fraction of sp³-hybridized carbons (Fsp3) is 0.231. The van der Waals surface area contributed by atoms with Crippen LogP contribution in [0.15, 0.2) is 170 Å². The number of primary amides is 1. The SMILES string of the molecule is COc1ccc(CN(Cc2ccc(OC)cc2)C(=O)c2cc(N3C[C@@H](c4ccc(OC)c(OCc5ccccc5)c4)CC3=O)ccn2)cc1.COc1ccc([C@H]2CC(=O)N(c3ccnc(C(N)=O)c3)C2)cc1Oc1c(C)cccc1C. The molecule has 10 rings (SSSR count). The van der Waals surface area contributed by atoms with Crippen LogP contribution in [0, 0.1) is 13.8 Å². The van der Waals surface area contributed by atoms with Crippen molar-refractivity contribution in [3.05, 3.63) is 220 Å². The van der Waals surface area contributed by atoms with Crippen LogP contribution in [-0.4, -0.2) is 80.0 Å². The van der Waals surface area contributed by atoms with Crippen LogP contribution in [-0.2, 0) is 29.3 Å². The third-order valence-corrected chi connectivity index (χ3v) is 14.4. The van der Waals surface area contributed by atoms with E-state index in [0.29, 0.717) is 80.0 Å². The van der Waals surface area contributed by atoms with Gasteiger partial charge in [-0.3, -0.25) is 29.1 Å².